The molecular weight excluding hydrogens is 442 g/mol. The first-order valence-electron chi connectivity index (χ1n) is 9.94. The van der Waals surface area contributed by atoms with Crippen LogP contribution in [0.5, 0.6) is 5.75 Å². The number of hydrogen-bond acceptors (Lipinski definition) is 5. The van der Waals surface area contributed by atoms with E-state index in [4.69, 9.17) is 16.3 Å². The van der Waals surface area contributed by atoms with Gasteiger partial charge in [0.25, 0.3) is 5.91 Å². The number of nitriles is 1. The fourth-order valence-corrected chi connectivity index (χ4v) is 4.33. The van der Waals surface area contributed by atoms with Crippen LogP contribution >= 0.6 is 23.4 Å². The Labute approximate surface area is 196 Å². The number of anilines is 1. The number of halogens is 1. The first-order valence-corrected chi connectivity index (χ1v) is 11.2. The summed E-state index contributed by atoms with van der Waals surface area (Å²) in [4.78, 5) is 13.0. The fourth-order valence-electron chi connectivity index (χ4n) is 3.18. The van der Waals surface area contributed by atoms with E-state index in [2.05, 4.69) is 16.7 Å². The molecule has 3 aromatic rings. The van der Waals surface area contributed by atoms with E-state index in [9.17, 15) is 10.1 Å². The third-order valence-corrected chi connectivity index (χ3v) is 6.19. The molecule has 0 aromatic heterocycles. The van der Waals surface area contributed by atoms with Crippen molar-refractivity contribution < 1.29 is 9.53 Å². The molecule has 1 unspecified atom stereocenters. The number of ether oxygens (including phenoxy) is 1. The van der Waals surface area contributed by atoms with E-state index in [-0.39, 0.29) is 11.4 Å². The number of carbonyl (C=O) groups excluding carboxylic acids is 1. The minimum atomic E-state index is -0.270. The van der Waals surface area contributed by atoms with E-state index >= 15 is 0 Å². The summed E-state index contributed by atoms with van der Waals surface area (Å²) in [5.41, 5.74) is 4.01. The summed E-state index contributed by atoms with van der Waals surface area (Å²) >= 11 is 7.51. The van der Waals surface area contributed by atoms with Gasteiger partial charge in [-0.2, -0.15) is 5.26 Å². The van der Waals surface area contributed by atoms with Crippen LogP contribution in [-0.2, 0) is 11.4 Å². The molecule has 2 N–H and O–H groups in total. The summed E-state index contributed by atoms with van der Waals surface area (Å²) in [6.07, 6.45) is 1.85. The van der Waals surface area contributed by atoms with Crippen LogP contribution in [0.4, 0.5) is 5.69 Å². The molecule has 0 bridgehead atoms. The van der Waals surface area contributed by atoms with Gasteiger partial charge in [-0.25, -0.2) is 0 Å². The molecule has 3 aromatic carbocycles. The van der Waals surface area contributed by atoms with Gasteiger partial charge in [0, 0.05) is 16.3 Å². The second-order valence-corrected chi connectivity index (χ2v) is 8.79. The van der Waals surface area contributed by atoms with Crippen molar-refractivity contribution in [2.45, 2.75) is 19.0 Å². The number of amides is 1. The van der Waals surface area contributed by atoms with Crippen molar-refractivity contribution in [3.63, 3.8) is 0 Å². The highest BCUT2D eigenvalue weighted by atomic mass is 35.5. The minimum Gasteiger partial charge on any atom is -0.489 e. The summed E-state index contributed by atoms with van der Waals surface area (Å²) in [5.74, 6) is 0.569. The van der Waals surface area contributed by atoms with Crippen LogP contribution in [0.1, 0.15) is 22.3 Å². The lowest BCUT2D eigenvalue weighted by atomic mass is 10.1. The smallest absolute Gasteiger partial charge is 0.260 e. The molecule has 4 rings (SSSR count). The second kappa shape index (κ2) is 9.82. The summed E-state index contributed by atoms with van der Waals surface area (Å²) in [6, 6.07) is 22.7. The van der Waals surface area contributed by atoms with Crippen LogP contribution in [0.15, 0.2) is 71.6 Å². The molecule has 160 valence electrons. The SMILES string of the molecule is Cc1ccc(Cl)cc1NC1NC(=O)/C(=C/c2ccc(OCc3ccccc3C#N)cc2)S1. The average molecular weight is 462 g/mol. The molecule has 1 atom stereocenters. The van der Waals surface area contributed by atoms with Crippen molar-refractivity contribution in [2.24, 2.45) is 0 Å². The van der Waals surface area contributed by atoms with Gasteiger partial charge >= 0.3 is 0 Å². The zero-order valence-electron chi connectivity index (χ0n) is 17.3. The standard InChI is InChI=1S/C25H20ClN3O2S/c1-16-6-9-20(26)13-22(16)28-25-29-24(30)23(32-25)12-17-7-10-21(11-8-17)31-15-19-5-3-2-4-18(19)14-27/h2-13,25,28H,15H2,1H3,(H,29,30)/b23-12-. The van der Waals surface area contributed by atoms with Gasteiger partial charge in [-0.05, 0) is 54.5 Å². The Kier molecular flexibility index (Phi) is 6.69. The molecule has 32 heavy (non-hydrogen) atoms. The fraction of sp³-hybridized carbons (Fsp3) is 0.120. The maximum atomic E-state index is 12.4. The van der Waals surface area contributed by atoms with Gasteiger partial charge in [0.2, 0.25) is 0 Å². The molecule has 7 heteroatoms. The molecule has 0 saturated carbocycles. The summed E-state index contributed by atoms with van der Waals surface area (Å²) in [5, 5.41) is 16.1. The van der Waals surface area contributed by atoms with E-state index in [1.807, 2.05) is 73.7 Å². The number of carbonyl (C=O) groups is 1. The molecule has 1 amide bonds. The first kappa shape index (κ1) is 21.8. The van der Waals surface area contributed by atoms with E-state index in [0.717, 1.165) is 22.4 Å². The highest BCUT2D eigenvalue weighted by molar-refractivity contribution is 8.05. The number of aryl methyl sites for hydroxylation is 1. The largest absolute Gasteiger partial charge is 0.489 e. The number of rotatable bonds is 6. The maximum absolute atomic E-state index is 12.4. The van der Waals surface area contributed by atoms with Crippen molar-refractivity contribution in [3.05, 3.63) is 98.9 Å². The van der Waals surface area contributed by atoms with E-state index in [1.165, 1.54) is 11.8 Å². The minimum absolute atomic E-state index is 0.124. The molecule has 1 aliphatic rings. The molecule has 1 fully saturated rings. The molecule has 0 radical (unpaired) electrons. The summed E-state index contributed by atoms with van der Waals surface area (Å²) in [6.45, 7) is 2.30. The lowest BCUT2D eigenvalue weighted by Crippen LogP contribution is -2.31. The van der Waals surface area contributed by atoms with E-state index < -0.39 is 0 Å². The third kappa shape index (κ3) is 5.25. The van der Waals surface area contributed by atoms with Gasteiger partial charge in [-0.3, -0.25) is 4.79 Å². The van der Waals surface area contributed by atoms with Crippen molar-refractivity contribution >= 4 is 41.0 Å². The Morgan fingerprint density at radius 1 is 1.19 bits per heavy atom. The maximum Gasteiger partial charge on any atom is 0.260 e. The van der Waals surface area contributed by atoms with E-state index in [1.54, 1.807) is 6.07 Å². The van der Waals surface area contributed by atoms with Crippen molar-refractivity contribution in [1.29, 1.82) is 5.26 Å². The van der Waals surface area contributed by atoms with Gasteiger partial charge in [-0.15, -0.1) is 0 Å². The average Bonchev–Trinajstić information content (AvgIpc) is 3.14. The van der Waals surface area contributed by atoms with Crippen LogP contribution in [0.3, 0.4) is 0 Å². The first-order chi connectivity index (χ1) is 15.5. The van der Waals surface area contributed by atoms with Crippen molar-refractivity contribution in [3.8, 4) is 11.8 Å². The molecule has 1 heterocycles. The lowest BCUT2D eigenvalue weighted by Gasteiger charge is -2.15. The zero-order valence-corrected chi connectivity index (χ0v) is 18.8. The molecule has 1 saturated heterocycles. The Morgan fingerprint density at radius 3 is 2.75 bits per heavy atom. The highest BCUT2D eigenvalue weighted by Crippen LogP contribution is 2.32. The molecule has 0 spiro atoms. The van der Waals surface area contributed by atoms with Gasteiger partial charge in [-0.1, -0.05) is 59.8 Å². The number of benzene rings is 3. The number of nitrogens with zero attached hydrogens (tertiary/aromatic N) is 1. The van der Waals surface area contributed by atoms with Gasteiger partial charge < -0.3 is 15.4 Å². The van der Waals surface area contributed by atoms with Gasteiger partial charge in [0.15, 0.2) is 5.50 Å². The van der Waals surface area contributed by atoms with Crippen LogP contribution in [0.25, 0.3) is 6.08 Å². The Morgan fingerprint density at radius 2 is 1.97 bits per heavy atom. The van der Waals surface area contributed by atoms with Crippen LogP contribution in [-0.4, -0.2) is 11.4 Å². The van der Waals surface area contributed by atoms with Gasteiger partial charge in [0.05, 0.1) is 16.5 Å². The zero-order chi connectivity index (χ0) is 22.5. The third-order valence-electron chi connectivity index (χ3n) is 4.93. The Hall–Kier alpha value is -3.40. The number of thioether (sulfide) groups is 1. The van der Waals surface area contributed by atoms with E-state index in [0.29, 0.717) is 27.8 Å². The molecule has 1 aliphatic heterocycles. The number of nitrogens with one attached hydrogen (secondary N) is 2. The van der Waals surface area contributed by atoms with Crippen molar-refractivity contribution in [1.82, 2.24) is 5.32 Å². The normalized spacial score (nSPS) is 16.5. The second-order valence-electron chi connectivity index (χ2n) is 7.21. The summed E-state index contributed by atoms with van der Waals surface area (Å²) < 4.78 is 5.81. The number of hydrogen-bond donors (Lipinski definition) is 2. The Balaban J connectivity index is 1.39. The van der Waals surface area contributed by atoms with Crippen LogP contribution in [0, 0.1) is 18.3 Å². The van der Waals surface area contributed by atoms with Crippen LogP contribution in [0.2, 0.25) is 5.02 Å². The summed E-state index contributed by atoms with van der Waals surface area (Å²) in [7, 11) is 0. The predicted octanol–water partition coefficient (Wildman–Crippen LogP) is 5.70. The van der Waals surface area contributed by atoms with Gasteiger partial charge in [0.1, 0.15) is 12.4 Å². The monoisotopic (exact) mass is 461 g/mol. The molecule has 5 nitrogen and oxygen atoms in total. The quantitative estimate of drug-likeness (QED) is 0.460. The lowest BCUT2D eigenvalue weighted by molar-refractivity contribution is -0.116. The Bertz CT molecular complexity index is 1220. The highest BCUT2D eigenvalue weighted by Gasteiger charge is 2.27. The predicted molar refractivity (Wildman–Crippen MR) is 129 cm³/mol. The topological polar surface area (TPSA) is 74.2 Å². The molecule has 0 aliphatic carbocycles. The van der Waals surface area contributed by atoms with Crippen LogP contribution < -0.4 is 15.4 Å². The molecular formula is C25H20ClN3O2S. The van der Waals surface area contributed by atoms with Crippen molar-refractivity contribution in [2.75, 3.05) is 5.32 Å².